The van der Waals surface area contributed by atoms with Gasteiger partial charge in [-0.25, -0.2) is 9.78 Å². The third-order valence-electron chi connectivity index (χ3n) is 3.07. The van der Waals surface area contributed by atoms with E-state index in [0.717, 1.165) is 4.70 Å². The standard InChI is InChI=1S/C15H11NO4S/c1-20-9-3-5-12(17)10(7-9)14-16-11-4-2-8(15(18)19)6-13(11)21-14/h2-7,17H,1H3,(H,18,19). The number of rotatable bonds is 3. The number of phenols is 1. The summed E-state index contributed by atoms with van der Waals surface area (Å²) in [7, 11) is 1.55. The third kappa shape index (κ3) is 2.41. The van der Waals surface area contributed by atoms with Crippen LogP contribution in [0, 0.1) is 0 Å². The largest absolute Gasteiger partial charge is 0.507 e. The lowest BCUT2D eigenvalue weighted by Gasteiger charge is -2.04. The number of carbonyl (C=O) groups is 1. The van der Waals surface area contributed by atoms with Crippen molar-refractivity contribution in [1.29, 1.82) is 0 Å². The highest BCUT2D eigenvalue weighted by molar-refractivity contribution is 7.21. The zero-order valence-electron chi connectivity index (χ0n) is 11.0. The number of carboxylic acids is 1. The maximum absolute atomic E-state index is 11.0. The summed E-state index contributed by atoms with van der Waals surface area (Å²) in [5.41, 5.74) is 1.47. The molecule has 0 unspecified atom stereocenters. The number of carboxylic acid groups (broad SMARTS) is 1. The number of aromatic carboxylic acids is 1. The highest BCUT2D eigenvalue weighted by Crippen LogP contribution is 2.37. The van der Waals surface area contributed by atoms with E-state index < -0.39 is 5.97 Å². The fourth-order valence-corrected chi connectivity index (χ4v) is 3.02. The van der Waals surface area contributed by atoms with Gasteiger partial charge < -0.3 is 14.9 Å². The van der Waals surface area contributed by atoms with Crippen molar-refractivity contribution in [3.63, 3.8) is 0 Å². The number of thiazole rings is 1. The number of aromatic hydroxyl groups is 1. The number of ether oxygens (including phenoxy) is 1. The molecule has 0 spiro atoms. The Labute approximate surface area is 124 Å². The van der Waals surface area contributed by atoms with Crippen LogP contribution in [0.5, 0.6) is 11.5 Å². The molecule has 2 N–H and O–H groups in total. The van der Waals surface area contributed by atoms with Crippen LogP contribution < -0.4 is 4.74 Å². The van der Waals surface area contributed by atoms with Crippen molar-refractivity contribution in [2.75, 3.05) is 7.11 Å². The molecule has 21 heavy (non-hydrogen) atoms. The number of methoxy groups -OCH3 is 1. The van der Waals surface area contributed by atoms with Gasteiger partial charge in [0.1, 0.15) is 16.5 Å². The van der Waals surface area contributed by atoms with E-state index in [9.17, 15) is 9.90 Å². The molecular weight excluding hydrogens is 290 g/mol. The van der Waals surface area contributed by atoms with Crippen molar-refractivity contribution in [3.8, 4) is 22.1 Å². The Morgan fingerprint density at radius 2 is 2.05 bits per heavy atom. The van der Waals surface area contributed by atoms with Gasteiger partial charge in [-0.05, 0) is 36.4 Å². The van der Waals surface area contributed by atoms with Crippen molar-refractivity contribution < 1.29 is 19.7 Å². The van der Waals surface area contributed by atoms with E-state index >= 15 is 0 Å². The van der Waals surface area contributed by atoms with Crippen LogP contribution in [-0.4, -0.2) is 28.3 Å². The van der Waals surface area contributed by atoms with Crippen molar-refractivity contribution in [2.24, 2.45) is 0 Å². The van der Waals surface area contributed by atoms with Gasteiger partial charge in [-0.3, -0.25) is 0 Å². The molecule has 1 heterocycles. The molecule has 0 aliphatic rings. The summed E-state index contributed by atoms with van der Waals surface area (Å²) in [4.78, 5) is 15.4. The number of phenolic OH excluding ortho intramolecular Hbond substituents is 1. The minimum absolute atomic E-state index is 0.105. The van der Waals surface area contributed by atoms with Gasteiger partial charge in [0, 0.05) is 0 Å². The molecule has 0 atom stereocenters. The summed E-state index contributed by atoms with van der Waals surface area (Å²) in [5, 5.41) is 19.6. The SMILES string of the molecule is COc1ccc(O)c(-c2nc3ccc(C(=O)O)cc3s2)c1. The zero-order valence-corrected chi connectivity index (χ0v) is 11.8. The van der Waals surface area contributed by atoms with Gasteiger partial charge in [0.25, 0.3) is 0 Å². The lowest BCUT2D eigenvalue weighted by atomic mass is 10.2. The van der Waals surface area contributed by atoms with E-state index in [2.05, 4.69) is 4.98 Å². The fraction of sp³-hybridized carbons (Fsp3) is 0.0667. The van der Waals surface area contributed by atoms with Crippen molar-refractivity contribution in [3.05, 3.63) is 42.0 Å². The minimum atomic E-state index is -0.976. The average molecular weight is 301 g/mol. The smallest absolute Gasteiger partial charge is 0.335 e. The Hall–Kier alpha value is -2.60. The minimum Gasteiger partial charge on any atom is -0.507 e. The second kappa shape index (κ2) is 5.06. The van der Waals surface area contributed by atoms with E-state index in [1.165, 1.54) is 17.4 Å². The Balaban J connectivity index is 2.15. The van der Waals surface area contributed by atoms with Gasteiger partial charge in [0.2, 0.25) is 0 Å². The van der Waals surface area contributed by atoms with Crippen LogP contribution in [0.15, 0.2) is 36.4 Å². The number of benzene rings is 2. The molecule has 0 aliphatic heterocycles. The molecule has 3 rings (SSSR count). The Morgan fingerprint density at radius 1 is 1.24 bits per heavy atom. The van der Waals surface area contributed by atoms with Gasteiger partial charge in [-0.2, -0.15) is 0 Å². The van der Waals surface area contributed by atoms with Crippen LogP contribution in [0.3, 0.4) is 0 Å². The maximum atomic E-state index is 11.0. The predicted octanol–water partition coefficient (Wildman–Crippen LogP) is 3.38. The fourth-order valence-electron chi connectivity index (χ4n) is 1.99. The van der Waals surface area contributed by atoms with E-state index in [1.54, 1.807) is 37.4 Å². The van der Waals surface area contributed by atoms with Gasteiger partial charge in [0.15, 0.2) is 0 Å². The first kappa shape index (κ1) is 13.4. The Kier molecular flexibility index (Phi) is 3.23. The molecule has 0 saturated heterocycles. The molecule has 2 aromatic carbocycles. The summed E-state index contributed by atoms with van der Waals surface area (Å²) in [5.74, 6) is -0.252. The first-order valence-corrected chi connectivity index (χ1v) is 6.91. The molecule has 5 nitrogen and oxygen atoms in total. The van der Waals surface area contributed by atoms with Crippen LogP contribution in [-0.2, 0) is 0 Å². The molecule has 0 bridgehead atoms. The van der Waals surface area contributed by atoms with Crippen LogP contribution >= 0.6 is 11.3 Å². The number of fused-ring (bicyclic) bond motifs is 1. The van der Waals surface area contributed by atoms with Crippen LogP contribution in [0.4, 0.5) is 0 Å². The highest BCUT2D eigenvalue weighted by atomic mass is 32.1. The van der Waals surface area contributed by atoms with Crippen LogP contribution in [0.2, 0.25) is 0 Å². The quantitative estimate of drug-likeness (QED) is 0.775. The summed E-state index contributed by atoms with van der Waals surface area (Å²) >= 11 is 1.33. The maximum Gasteiger partial charge on any atom is 0.335 e. The first-order chi connectivity index (χ1) is 10.1. The lowest BCUT2D eigenvalue weighted by molar-refractivity contribution is 0.0697. The Bertz CT molecular complexity index is 841. The first-order valence-electron chi connectivity index (χ1n) is 6.10. The van der Waals surface area contributed by atoms with Gasteiger partial charge in [-0.15, -0.1) is 11.3 Å². The molecular formula is C15H11NO4S. The Morgan fingerprint density at radius 3 is 2.76 bits per heavy atom. The summed E-state index contributed by atoms with van der Waals surface area (Å²) < 4.78 is 5.90. The normalized spacial score (nSPS) is 10.7. The van der Waals surface area contributed by atoms with Gasteiger partial charge >= 0.3 is 5.97 Å². The van der Waals surface area contributed by atoms with E-state index in [0.29, 0.717) is 21.8 Å². The molecule has 0 radical (unpaired) electrons. The van der Waals surface area contributed by atoms with Crippen molar-refractivity contribution in [2.45, 2.75) is 0 Å². The number of aromatic nitrogens is 1. The van der Waals surface area contributed by atoms with Crippen LogP contribution in [0.25, 0.3) is 20.8 Å². The summed E-state index contributed by atoms with van der Waals surface area (Å²) in [6.45, 7) is 0. The lowest BCUT2D eigenvalue weighted by Crippen LogP contribution is -1.94. The third-order valence-corrected chi connectivity index (χ3v) is 4.12. The van der Waals surface area contributed by atoms with E-state index in [1.807, 2.05) is 0 Å². The van der Waals surface area contributed by atoms with Crippen LogP contribution in [0.1, 0.15) is 10.4 Å². The second-order valence-electron chi connectivity index (χ2n) is 4.39. The molecule has 3 aromatic rings. The molecule has 0 fully saturated rings. The molecule has 1 aromatic heterocycles. The average Bonchev–Trinajstić information content (AvgIpc) is 2.90. The zero-order chi connectivity index (χ0) is 15.0. The van der Waals surface area contributed by atoms with Gasteiger partial charge in [-0.1, -0.05) is 0 Å². The van der Waals surface area contributed by atoms with Crippen molar-refractivity contribution >= 4 is 27.5 Å². The predicted molar refractivity (Wildman–Crippen MR) is 80.2 cm³/mol. The second-order valence-corrected chi connectivity index (χ2v) is 5.42. The topological polar surface area (TPSA) is 79.7 Å². The number of hydrogen-bond acceptors (Lipinski definition) is 5. The molecule has 0 amide bonds. The highest BCUT2D eigenvalue weighted by Gasteiger charge is 2.13. The number of nitrogens with zero attached hydrogens (tertiary/aromatic N) is 1. The van der Waals surface area contributed by atoms with Crippen molar-refractivity contribution in [1.82, 2.24) is 4.98 Å². The van der Waals surface area contributed by atoms with Gasteiger partial charge in [0.05, 0.1) is 28.5 Å². The monoisotopic (exact) mass is 301 g/mol. The van der Waals surface area contributed by atoms with E-state index in [4.69, 9.17) is 9.84 Å². The number of hydrogen-bond donors (Lipinski definition) is 2. The summed E-state index contributed by atoms with van der Waals surface area (Å²) in [6.07, 6.45) is 0. The summed E-state index contributed by atoms with van der Waals surface area (Å²) in [6, 6.07) is 9.66. The van der Waals surface area contributed by atoms with E-state index in [-0.39, 0.29) is 11.3 Å². The molecule has 6 heteroatoms. The molecule has 0 saturated carbocycles. The molecule has 0 aliphatic carbocycles. The molecule has 106 valence electrons.